The average Bonchev–Trinajstić information content (AvgIpc) is 2.89. The summed E-state index contributed by atoms with van der Waals surface area (Å²) in [5.41, 5.74) is 0.723. The minimum absolute atomic E-state index is 0.179. The van der Waals surface area contributed by atoms with Gasteiger partial charge in [0.25, 0.3) is 5.91 Å². The van der Waals surface area contributed by atoms with Crippen molar-refractivity contribution in [1.29, 1.82) is 0 Å². The second kappa shape index (κ2) is 6.15. The molecule has 3 aromatic rings. The molecule has 1 amide bonds. The normalized spacial score (nSPS) is 10.9. The second-order valence-corrected chi connectivity index (χ2v) is 5.38. The zero-order chi connectivity index (χ0) is 17.3. The minimum atomic E-state index is -0.689. The predicted octanol–water partition coefficient (Wildman–Crippen LogP) is 0.725. The number of nitrogens with zero attached hydrogens (tertiary/aromatic N) is 2. The maximum atomic E-state index is 12.2. The third kappa shape index (κ3) is 2.73. The number of fused-ring (bicyclic) bond motifs is 1. The van der Waals surface area contributed by atoms with E-state index in [1.54, 1.807) is 38.1 Å². The van der Waals surface area contributed by atoms with E-state index in [9.17, 15) is 14.4 Å². The molecule has 2 N–H and O–H groups in total. The first-order chi connectivity index (χ1) is 11.5. The zero-order valence-electron chi connectivity index (χ0n) is 13.3. The molecule has 0 fully saturated rings. The summed E-state index contributed by atoms with van der Waals surface area (Å²) in [6.07, 6.45) is 0. The average molecular weight is 328 g/mol. The number of para-hydroxylation sites is 2. The quantitative estimate of drug-likeness (QED) is 0.686. The number of aromatic nitrogens is 3. The fraction of sp³-hybridized carbons (Fsp3) is 0.250. The second-order valence-electron chi connectivity index (χ2n) is 5.38. The lowest BCUT2D eigenvalue weighted by Crippen LogP contribution is -2.39. The molecule has 2 aromatic heterocycles. The number of nitrogens with one attached hydrogen (secondary N) is 2. The van der Waals surface area contributed by atoms with E-state index in [1.165, 1.54) is 4.57 Å². The number of amides is 1. The molecule has 0 aliphatic heterocycles. The van der Waals surface area contributed by atoms with Crippen LogP contribution in [0, 0.1) is 13.8 Å². The van der Waals surface area contributed by atoms with Gasteiger partial charge in [0.1, 0.15) is 11.3 Å². The number of H-pyrrole nitrogens is 1. The maximum absolute atomic E-state index is 12.2. The van der Waals surface area contributed by atoms with Crippen LogP contribution in [0.25, 0.3) is 11.0 Å². The first kappa shape index (κ1) is 15.7. The molecular formula is C16H16N4O4. The van der Waals surface area contributed by atoms with Gasteiger partial charge in [0.05, 0.1) is 16.7 Å². The summed E-state index contributed by atoms with van der Waals surface area (Å²) in [6.45, 7) is 3.71. The fourth-order valence-corrected chi connectivity index (χ4v) is 2.62. The highest BCUT2D eigenvalue weighted by molar-refractivity contribution is 5.96. The van der Waals surface area contributed by atoms with Crippen LogP contribution < -0.4 is 16.4 Å². The zero-order valence-corrected chi connectivity index (χ0v) is 13.3. The highest BCUT2D eigenvalue weighted by Gasteiger charge is 2.17. The summed E-state index contributed by atoms with van der Waals surface area (Å²) in [5, 5.41) is 6.45. The SMILES string of the molecule is Cc1noc(C)c1C(=O)NCCn1c(=O)c(=O)[nH]c2ccccc21. The monoisotopic (exact) mass is 328 g/mol. The molecule has 0 spiro atoms. The molecule has 24 heavy (non-hydrogen) atoms. The predicted molar refractivity (Wildman–Crippen MR) is 87.1 cm³/mol. The molecule has 0 radical (unpaired) electrons. The molecule has 0 unspecified atom stereocenters. The van der Waals surface area contributed by atoms with Gasteiger partial charge in [0.2, 0.25) is 0 Å². The van der Waals surface area contributed by atoms with Gasteiger partial charge < -0.3 is 19.4 Å². The van der Waals surface area contributed by atoms with Crippen molar-refractivity contribution in [1.82, 2.24) is 20.0 Å². The molecule has 3 rings (SSSR count). The smallest absolute Gasteiger partial charge is 0.316 e. The topological polar surface area (TPSA) is 110 Å². The molecule has 8 heteroatoms. The Morgan fingerprint density at radius 2 is 2.04 bits per heavy atom. The number of hydrogen-bond acceptors (Lipinski definition) is 5. The van der Waals surface area contributed by atoms with Crippen LogP contribution in [0.3, 0.4) is 0 Å². The lowest BCUT2D eigenvalue weighted by molar-refractivity contribution is 0.0950. The van der Waals surface area contributed by atoms with Gasteiger partial charge in [-0.2, -0.15) is 0 Å². The van der Waals surface area contributed by atoms with Crippen LogP contribution in [-0.4, -0.2) is 27.2 Å². The van der Waals surface area contributed by atoms with Crippen LogP contribution in [-0.2, 0) is 6.54 Å². The molecular weight excluding hydrogens is 312 g/mol. The van der Waals surface area contributed by atoms with Crippen molar-refractivity contribution in [3.8, 4) is 0 Å². The third-order valence-electron chi connectivity index (χ3n) is 3.76. The molecule has 0 aliphatic rings. The molecule has 0 atom stereocenters. The van der Waals surface area contributed by atoms with Crippen LogP contribution in [0.15, 0.2) is 38.4 Å². The van der Waals surface area contributed by atoms with Gasteiger partial charge in [-0.1, -0.05) is 17.3 Å². The number of aryl methyl sites for hydroxylation is 2. The van der Waals surface area contributed by atoms with Crippen molar-refractivity contribution < 1.29 is 9.32 Å². The number of aromatic amines is 1. The largest absolute Gasteiger partial charge is 0.361 e. The van der Waals surface area contributed by atoms with Crippen LogP contribution in [0.1, 0.15) is 21.8 Å². The number of hydrogen-bond donors (Lipinski definition) is 2. The van der Waals surface area contributed by atoms with E-state index in [0.717, 1.165) is 0 Å². The van der Waals surface area contributed by atoms with Crippen molar-refractivity contribution in [2.45, 2.75) is 20.4 Å². The summed E-state index contributed by atoms with van der Waals surface area (Å²) >= 11 is 0. The van der Waals surface area contributed by atoms with Crippen LogP contribution in [0.2, 0.25) is 0 Å². The van der Waals surface area contributed by atoms with Crippen LogP contribution in [0.5, 0.6) is 0 Å². The van der Waals surface area contributed by atoms with Crippen molar-refractivity contribution >= 4 is 16.9 Å². The molecule has 2 heterocycles. The van der Waals surface area contributed by atoms with Crippen molar-refractivity contribution in [2.75, 3.05) is 6.54 Å². The fourth-order valence-electron chi connectivity index (χ4n) is 2.62. The Morgan fingerprint density at radius 1 is 1.29 bits per heavy atom. The Hall–Kier alpha value is -3.16. The Morgan fingerprint density at radius 3 is 2.75 bits per heavy atom. The highest BCUT2D eigenvalue weighted by atomic mass is 16.5. The molecule has 0 bridgehead atoms. The lowest BCUT2D eigenvalue weighted by Gasteiger charge is -2.10. The molecule has 0 saturated heterocycles. The van der Waals surface area contributed by atoms with E-state index in [0.29, 0.717) is 28.1 Å². The Balaban J connectivity index is 1.82. The summed E-state index contributed by atoms with van der Waals surface area (Å²) in [4.78, 5) is 38.5. The number of carbonyl (C=O) groups is 1. The first-order valence-electron chi connectivity index (χ1n) is 7.42. The first-order valence-corrected chi connectivity index (χ1v) is 7.42. The summed E-state index contributed by atoms with van der Waals surface area (Å²) in [5.74, 6) is 0.109. The van der Waals surface area contributed by atoms with E-state index >= 15 is 0 Å². The minimum Gasteiger partial charge on any atom is -0.361 e. The van der Waals surface area contributed by atoms with Gasteiger partial charge in [-0.05, 0) is 26.0 Å². The summed E-state index contributed by atoms with van der Waals surface area (Å²) in [7, 11) is 0. The van der Waals surface area contributed by atoms with E-state index in [4.69, 9.17) is 4.52 Å². The highest BCUT2D eigenvalue weighted by Crippen LogP contribution is 2.11. The molecule has 8 nitrogen and oxygen atoms in total. The Bertz CT molecular complexity index is 1010. The molecule has 1 aromatic carbocycles. The van der Waals surface area contributed by atoms with E-state index in [1.807, 2.05) is 0 Å². The number of benzene rings is 1. The molecule has 0 saturated carbocycles. The maximum Gasteiger partial charge on any atom is 0.316 e. The Kier molecular flexibility index (Phi) is 4.03. The van der Waals surface area contributed by atoms with Gasteiger partial charge >= 0.3 is 11.1 Å². The Labute approximate surface area is 136 Å². The van der Waals surface area contributed by atoms with Gasteiger partial charge in [0.15, 0.2) is 0 Å². The summed E-state index contributed by atoms with van der Waals surface area (Å²) < 4.78 is 6.31. The van der Waals surface area contributed by atoms with Gasteiger partial charge in [-0.25, -0.2) is 0 Å². The van der Waals surface area contributed by atoms with Crippen molar-refractivity contribution in [3.63, 3.8) is 0 Å². The van der Waals surface area contributed by atoms with Gasteiger partial charge in [-0.3, -0.25) is 14.4 Å². The van der Waals surface area contributed by atoms with Gasteiger partial charge in [-0.15, -0.1) is 0 Å². The molecule has 0 aliphatic carbocycles. The van der Waals surface area contributed by atoms with Gasteiger partial charge in [0, 0.05) is 13.1 Å². The lowest BCUT2D eigenvalue weighted by atomic mass is 10.2. The van der Waals surface area contributed by atoms with Crippen LogP contribution in [0.4, 0.5) is 0 Å². The van der Waals surface area contributed by atoms with E-state index in [2.05, 4.69) is 15.5 Å². The number of carbonyl (C=O) groups excluding carboxylic acids is 1. The van der Waals surface area contributed by atoms with Crippen molar-refractivity contribution in [3.05, 3.63) is 62.0 Å². The standard InChI is InChI=1S/C16H16N4O4/c1-9-13(10(2)24-19-9)14(21)17-7-8-20-12-6-4-3-5-11(12)18-15(22)16(20)23/h3-6H,7-8H2,1-2H3,(H,17,21)(H,18,22). The van der Waals surface area contributed by atoms with E-state index in [-0.39, 0.29) is 19.0 Å². The van der Waals surface area contributed by atoms with E-state index < -0.39 is 11.1 Å². The van der Waals surface area contributed by atoms with Crippen molar-refractivity contribution in [2.24, 2.45) is 0 Å². The third-order valence-corrected chi connectivity index (χ3v) is 3.76. The van der Waals surface area contributed by atoms with Crippen LogP contribution >= 0.6 is 0 Å². The number of rotatable bonds is 4. The molecule has 124 valence electrons. The summed E-state index contributed by atoms with van der Waals surface area (Å²) in [6, 6.07) is 7.00.